The van der Waals surface area contributed by atoms with Crippen molar-refractivity contribution in [2.75, 3.05) is 5.32 Å². The van der Waals surface area contributed by atoms with E-state index >= 15 is 0 Å². The Morgan fingerprint density at radius 3 is 2.44 bits per heavy atom. The van der Waals surface area contributed by atoms with Gasteiger partial charge in [-0.25, -0.2) is 0 Å². The fraction of sp³-hybridized carbons (Fsp3) is 0.143. The van der Waals surface area contributed by atoms with Crippen LogP contribution in [0.1, 0.15) is 24.0 Å². The van der Waals surface area contributed by atoms with Gasteiger partial charge in [0.05, 0.1) is 5.00 Å². The lowest BCUT2D eigenvalue weighted by Crippen LogP contribution is -2.24. The Labute approximate surface area is 160 Å². The summed E-state index contributed by atoms with van der Waals surface area (Å²) in [4.78, 5) is 22.8. The van der Waals surface area contributed by atoms with Crippen LogP contribution in [0.2, 0.25) is 0 Å². The molecule has 1 unspecified atom stereocenters. The first-order chi connectivity index (χ1) is 12.9. The van der Waals surface area contributed by atoms with Crippen LogP contribution < -0.4 is 5.32 Å². The summed E-state index contributed by atoms with van der Waals surface area (Å²) in [5, 5.41) is 23.3. The molecule has 0 aliphatic rings. The molecule has 0 radical (unpaired) electrons. The second kappa shape index (κ2) is 8.05. The largest absolute Gasteiger partial charge is 0.481 e. The molecule has 2 aromatic carbocycles. The number of nitrogens with one attached hydrogen (secondary N) is 1. The van der Waals surface area contributed by atoms with Crippen LogP contribution in [-0.4, -0.2) is 28.2 Å². The first kappa shape index (κ1) is 18.7. The van der Waals surface area contributed by atoms with Crippen LogP contribution in [0, 0.1) is 0 Å². The molecule has 1 heterocycles. The van der Waals surface area contributed by atoms with E-state index < -0.39 is 23.9 Å². The molecule has 2 atom stereocenters. The highest BCUT2D eigenvalue weighted by Crippen LogP contribution is 2.33. The number of anilines is 1. The maximum atomic E-state index is 11.8. The molecule has 0 saturated heterocycles. The molecule has 3 aromatic rings. The number of fused-ring (bicyclic) bond motifs is 1. The molecule has 6 heteroatoms. The lowest BCUT2D eigenvalue weighted by atomic mass is 9.97. The fourth-order valence-electron chi connectivity index (χ4n) is 2.69. The lowest BCUT2D eigenvalue weighted by Gasteiger charge is -2.08. The molecule has 0 bridgehead atoms. The zero-order valence-electron chi connectivity index (χ0n) is 14.6. The van der Waals surface area contributed by atoms with Crippen molar-refractivity contribution in [3.05, 3.63) is 71.8 Å². The summed E-state index contributed by atoms with van der Waals surface area (Å²) < 4.78 is 0.909. The van der Waals surface area contributed by atoms with Crippen LogP contribution in [0.4, 0.5) is 5.00 Å². The number of hydrogen-bond acceptors (Lipinski definition) is 4. The van der Waals surface area contributed by atoms with Crippen LogP contribution in [0.15, 0.2) is 60.7 Å². The van der Waals surface area contributed by atoms with Gasteiger partial charge in [-0.2, -0.15) is 0 Å². The third-order valence-electron chi connectivity index (χ3n) is 4.18. The normalized spacial score (nSPS) is 13.5. The van der Waals surface area contributed by atoms with E-state index in [1.165, 1.54) is 11.3 Å². The SMILES string of the molecule is C[C@H](Nc1cc2ccc(C(C=Cc3ccccc3)C(=O)O)cc2s1)C(=O)O. The van der Waals surface area contributed by atoms with Gasteiger partial charge in [0.2, 0.25) is 0 Å². The Hall–Kier alpha value is -3.12. The third kappa shape index (κ3) is 4.54. The summed E-state index contributed by atoms with van der Waals surface area (Å²) in [6.45, 7) is 1.58. The van der Waals surface area contributed by atoms with Crippen molar-refractivity contribution in [2.24, 2.45) is 0 Å². The van der Waals surface area contributed by atoms with Gasteiger partial charge < -0.3 is 15.5 Å². The van der Waals surface area contributed by atoms with Gasteiger partial charge in [0.1, 0.15) is 12.0 Å². The molecule has 0 spiro atoms. The average Bonchev–Trinajstić information content (AvgIpc) is 3.04. The minimum atomic E-state index is -0.926. The second-order valence-corrected chi connectivity index (χ2v) is 7.28. The van der Waals surface area contributed by atoms with E-state index in [1.54, 1.807) is 25.1 Å². The number of hydrogen-bond donors (Lipinski definition) is 3. The second-order valence-electron chi connectivity index (χ2n) is 6.20. The molecular weight excluding hydrogens is 362 g/mol. The molecule has 0 fully saturated rings. The Kier molecular flexibility index (Phi) is 5.57. The summed E-state index contributed by atoms with van der Waals surface area (Å²) in [5.41, 5.74) is 1.62. The van der Waals surface area contributed by atoms with E-state index in [1.807, 2.05) is 48.5 Å². The van der Waals surface area contributed by atoms with E-state index in [9.17, 15) is 14.7 Å². The minimum Gasteiger partial charge on any atom is -0.481 e. The standard InChI is InChI=1S/C21H19NO4S/c1-13(20(23)24)22-19-12-16-9-8-15(11-18(16)27-19)17(21(25)26)10-7-14-5-3-2-4-6-14/h2-13,17,22H,1H3,(H,23,24)(H,25,26)/t13-,17?/m0/s1. The van der Waals surface area contributed by atoms with Crippen molar-refractivity contribution in [2.45, 2.75) is 18.9 Å². The number of rotatable bonds is 7. The highest BCUT2D eigenvalue weighted by atomic mass is 32.1. The van der Waals surface area contributed by atoms with E-state index in [2.05, 4.69) is 5.32 Å². The summed E-state index contributed by atoms with van der Waals surface area (Å²) >= 11 is 1.41. The maximum Gasteiger partial charge on any atom is 0.325 e. The molecule has 0 amide bonds. The van der Waals surface area contributed by atoms with Crippen molar-refractivity contribution in [1.29, 1.82) is 0 Å². The summed E-state index contributed by atoms with van der Waals surface area (Å²) in [6.07, 6.45) is 3.48. The number of carboxylic acids is 2. The number of thiophene rings is 1. The highest BCUT2D eigenvalue weighted by Gasteiger charge is 2.18. The van der Waals surface area contributed by atoms with Gasteiger partial charge in [-0.05, 0) is 35.6 Å². The summed E-state index contributed by atoms with van der Waals surface area (Å²) in [7, 11) is 0. The summed E-state index contributed by atoms with van der Waals surface area (Å²) in [5.74, 6) is -2.60. The van der Waals surface area contributed by atoms with Gasteiger partial charge in [-0.15, -0.1) is 11.3 Å². The van der Waals surface area contributed by atoms with E-state index in [-0.39, 0.29) is 0 Å². The van der Waals surface area contributed by atoms with Gasteiger partial charge in [-0.3, -0.25) is 9.59 Å². The number of aliphatic carboxylic acids is 2. The maximum absolute atomic E-state index is 11.8. The number of benzene rings is 2. The van der Waals surface area contributed by atoms with Gasteiger partial charge in [0.15, 0.2) is 0 Å². The average molecular weight is 381 g/mol. The van der Waals surface area contributed by atoms with Gasteiger partial charge in [0, 0.05) is 4.70 Å². The van der Waals surface area contributed by atoms with Crippen LogP contribution in [0.25, 0.3) is 16.2 Å². The van der Waals surface area contributed by atoms with E-state index in [0.717, 1.165) is 20.7 Å². The van der Waals surface area contributed by atoms with Gasteiger partial charge >= 0.3 is 11.9 Å². The zero-order valence-corrected chi connectivity index (χ0v) is 15.4. The molecular formula is C21H19NO4S. The van der Waals surface area contributed by atoms with Crippen LogP contribution in [-0.2, 0) is 9.59 Å². The van der Waals surface area contributed by atoms with Crippen LogP contribution in [0.5, 0.6) is 0 Å². The molecule has 27 heavy (non-hydrogen) atoms. The zero-order chi connectivity index (χ0) is 19.4. The quantitative estimate of drug-likeness (QED) is 0.554. The first-order valence-corrected chi connectivity index (χ1v) is 9.24. The van der Waals surface area contributed by atoms with Crippen LogP contribution in [0.3, 0.4) is 0 Å². The Balaban J connectivity index is 1.88. The molecule has 0 saturated carbocycles. The first-order valence-electron chi connectivity index (χ1n) is 8.43. The van der Waals surface area contributed by atoms with Gasteiger partial charge in [0.25, 0.3) is 0 Å². The molecule has 138 valence electrons. The smallest absolute Gasteiger partial charge is 0.325 e. The van der Waals surface area contributed by atoms with Gasteiger partial charge in [-0.1, -0.05) is 54.6 Å². The Morgan fingerprint density at radius 2 is 1.78 bits per heavy atom. The predicted molar refractivity (Wildman–Crippen MR) is 108 cm³/mol. The Morgan fingerprint density at radius 1 is 1.04 bits per heavy atom. The number of carboxylic acid groups (broad SMARTS) is 2. The molecule has 0 aliphatic carbocycles. The monoisotopic (exact) mass is 381 g/mol. The highest BCUT2D eigenvalue weighted by molar-refractivity contribution is 7.22. The van der Waals surface area contributed by atoms with Crippen molar-refractivity contribution in [1.82, 2.24) is 0 Å². The van der Waals surface area contributed by atoms with Crippen molar-refractivity contribution in [3.63, 3.8) is 0 Å². The van der Waals surface area contributed by atoms with E-state index in [0.29, 0.717) is 5.56 Å². The lowest BCUT2D eigenvalue weighted by molar-refractivity contribution is -0.138. The molecule has 1 aromatic heterocycles. The van der Waals surface area contributed by atoms with Crippen LogP contribution >= 0.6 is 11.3 Å². The summed E-state index contributed by atoms with van der Waals surface area (Å²) in [6, 6.07) is 16.2. The predicted octanol–water partition coefficient (Wildman–Crippen LogP) is 4.67. The molecule has 0 aliphatic heterocycles. The third-order valence-corrected chi connectivity index (χ3v) is 5.21. The van der Waals surface area contributed by atoms with Crippen molar-refractivity contribution in [3.8, 4) is 0 Å². The fourth-order valence-corrected chi connectivity index (χ4v) is 3.79. The number of carbonyl (C=O) groups is 2. The Bertz CT molecular complexity index is 994. The topological polar surface area (TPSA) is 86.6 Å². The van der Waals surface area contributed by atoms with Crippen molar-refractivity contribution < 1.29 is 19.8 Å². The molecule has 5 nitrogen and oxygen atoms in total. The van der Waals surface area contributed by atoms with E-state index in [4.69, 9.17) is 5.11 Å². The molecule has 3 rings (SSSR count). The molecule has 3 N–H and O–H groups in total. The minimum absolute atomic E-state index is 0.682. The van der Waals surface area contributed by atoms with Crippen molar-refractivity contribution >= 4 is 44.4 Å².